The topological polar surface area (TPSA) is 57.9 Å². The Hall–Kier alpha value is -1.81. The number of rotatable bonds is 6. The van der Waals surface area contributed by atoms with Gasteiger partial charge >= 0.3 is 6.18 Å². The molecule has 1 aromatic heterocycles. The van der Waals surface area contributed by atoms with Gasteiger partial charge in [-0.3, -0.25) is 0 Å². The maximum atomic E-state index is 11.7. The molecule has 0 spiro atoms. The minimum atomic E-state index is -4.28. The molecule has 7 heteroatoms. The molecule has 0 saturated carbocycles. The molecule has 0 unspecified atom stereocenters. The molecule has 98 valence electrons. The summed E-state index contributed by atoms with van der Waals surface area (Å²) in [5.74, 6) is 0.518. The van der Waals surface area contributed by atoms with Crippen LogP contribution >= 0.6 is 0 Å². The van der Waals surface area contributed by atoms with E-state index in [2.05, 4.69) is 15.0 Å². The average Bonchev–Trinajstić information content (AvgIpc) is 2.32. The van der Waals surface area contributed by atoms with Crippen molar-refractivity contribution in [2.45, 2.75) is 12.6 Å². The van der Waals surface area contributed by atoms with Gasteiger partial charge < -0.3 is 10.1 Å². The molecule has 1 rings (SSSR count). The maximum Gasteiger partial charge on any atom is 0.411 e. The van der Waals surface area contributed by atoms with Gasteiger partial charge in [-0.1, -0.05) is 6.07 Å². The summed E-state index contributed by atoms with van der Waals surface area (Å²) >= 11 is 0. The van der Waals surface area contributed by atoms with Gasteiger partial charge in [-0.25, -0.2) is 4.98 Å². The first kappa shape index (κ1) is 14.3. The van der Waals surface area contributed by atoms with E-state index in [0.717, 1.165) is 0 Å². The van der Waals surface area contributed by atoms with Crippen molar-refractivity contribution >= 4 is 5.82 Å². The quantitative estimate of drug-likeness (QED) is 0.796. The fourth-order valence-electron chi connectivity index (χ4n) is 1.17. The highest BCUT2D eigenvalue weighted by Gasteiger charge is 2.27. The third-order valence-electron chi connectivity index (χ3n) is 1.90. The molecule has 0 radical (unpaired) electrons. The Labute approximate surface area is 102 Å². The first-order chi connectivity index (χ1) is 8.51. The molecule has 0 aliphatic heterocycles. The van der Waals surface area contributed by atoms with Crippen LogP contribution in [0, 0.1) is 11.3 Å². The van der Waals surface area contributed by atoms with E-state index in [1.807, 2.05) is 6.07 Å². The average molecular weight is 259 g/mol. The van der Waals surface area contributed by atoms with Gasteiger partial charge in [0.15, 0.2) is 0 Å². The predicted octanol–water partition coefficient (Wildman–Crippen LogP) is 2.33. The first-order valence-electron chi connectivity index (χ1n) is 5.27. The monoisotopic (exact) mass is 259 g/mol. The Balaban J connectivity index is 2.16. The van der Waals surface area contributed by atoms with Crippen molar-refractivity contribution in [1.82, 2.24) is 4.98 Å². The highest BCUT2D eigenvalue weighted by atomic mass is 19.4. The van der Waals surface area contributed by atoms with Gasteiger partial charge in [0.1, 0.15) is 24.2 Å². The Bertz CT molecular complexity index is 415. The zero-order chi connectivity index (χ0) is 13.4. The van der Waals surface area contributed by atoms with Crippen molar-refractivity contribution in [2.75, 3.05) is 25.1 Å². The van der Waals surface area contributed by atoms with Crippen LogP contribution in [0.4, 0.5) is 19.0 Å². The lowest BCUT2D eigenvalue weighted by atomic mass is 10.3. The molecule has 4 nitrogen and oxygen atoms in total. The van der Waals surface area contributed by atoms with E-state index in [1.165, 1.54) is 0 Å². The Morgan fingerprint density at radius 2 is 2.17 bits per heavy atom. The maximum absolute atomic E-state index is 11.7. The fourth-order valence-corrected chi connectivity index (χ4v) is 1.17. The molecule has 0 bridgehead atoms. The zero-order valence-corrected chi connectivity index (χ0v) is 9.50. The van der Waals surface area contributed by atoms with Crippen molar-refractivity contribution < 1.29 is 17.9 Å². The lowest BCUT2D eigenvalue weighted by Crippen LogP contribution is -2.18. The first-order valence-corrected chi connectivity index (χ1v) is 5.27. The third-order valence-corrected chi connectivity index (χ3v) is 1.90. The van der Waals surface area contributed by atoms with Crippen molar-refractivity contribution in [2.24, 2.45) is 0 Å². The molecule has 0 fully saturated rings. The second-order valence-corrected chi connectivity index (χ2v) is 3.47. The van der Waals surface area contributed by atoms with Crippen molar-refractivity contribution in [1.29, 1.82) is 5.26 Å². The van der Waals surface area contributed by atoms with E-state index >= 15 is 0 Å². The van der Waals surface area contributed by atoms with Gasteiger partial charge in [-0.15, -0.1) is 0 Å². The zero-order valence-electron chi connectivity index (χ0n) is 9.50. The van der Waals surface area contributed by atoms with Crippen LogP contribution in [0.5, 0.6) is 0 Å². The summed E-state index contributed by atoms with van der Waals surface area (Å²) in [6.07, 6.45) is -3.86. The minimum Gasteiger partial charge on any atom is -0.372 e. The number of ether oxygens (including phenoxy) is 1. The number of alkyl halides is 3. The summed E-state index contributed by atoms with van der Waals surface area (Å²) in [4.78, 5) is 3.96. The lowest BCUT2D eigenvalue weighted by molar-refractivity contribution is -0.173. The van der Waals surface area contributed by atoms with Crippen LogP contribution < -0.4 is 5.32 Å². The molecule has 1 N–H and O–H groups in total. The molecule has 1 heterocycles. The minimum absolute atomic E-state index is 0.0183. The predicted molar refractivity (Wildman–Crippen MR) is 58.9 cm³/mol. The number of anilines is 1. The normalized spacial score (nSPS) is 11.0. The summed E-state index contributed by atoms with van der Waals surface area (Å²) in [6, 6.07) is 6.81. The molecule has 0 atom stereocenters. The molecule has 0 amide bonds. The SMILES string of the molecule is N#Cc1cccc(NCCCOCC(F)(F)F)n1. The molecule has 0 aliphatic carbocycles. The second kappa shape index (κ2) is 6.81. The summed E-state index contributed by atoms with van der Waals surface area (Å²) in [6.45, 7) is -0.778. The van der Waals surface area contributed by atoms with Crippen LogP contribution in [-0.4, -0.2) is 30.9 Å². The van der Waals surface area contributed by atoms with Gasteiger partial charge in [0, 0.05) is 13.2 Å². The van der Waals surface area contributed by atoms with Crippen LogP contribution in [0.25, 0.3) is 0 Å². The smallest absolute Gasteiger partial charge is 0.372 e. The summed E-state index contributed by atoms with van der Waals surface area (Å²) < 4.78 is 39.6. The number of hydrogen-bond donors (Lipinski definition) is 1. The number of nitriles is 1. The number of pyridine rings is 1. The van der Waals surface area contributed by atoms with Crippen molar-refractivity contribution in [3.05, 3.63) is 23.9 Å². The van der Waals surface area contributed by atoms with Crippen molar-refractivity contribution in [3.8, 4) is 6.07 Å². The third kappa shape index (κ3) is 6.06. The summed E-state index contributed by atoms with van der Waals surface area (Å²) in [5.41, 5.74) is 0.285. The number of halogens is 3. The fraction of sp³-hybridized carbons (Fsp3) is 0.455. The molecule has 0 saturated heterocycles. The van der Waals surface area contributed by atoms with E-state index < -0.39 is 12.8 Å². The lowest BCUT2D eigenvalue weighted by Gasteiger charge is -2.08. The van der Waals surface area contributed by atoms with Gasteiger partial charge in [0.2, 0.25) is 0 Å². The van der Waals surface area contributed by atoms with Crippen LogP contribution in [-0.2, 0) is 4.74 Å². The molecular weight excluding hydrogens is 247 g/mol. The van der Waals surface area contributed by atoms with E-state index in [0.29, 0.717) is 18.8 Å². The second-order valence-electron chi connectivity index (χ2n) is 3.47. The van der Waals surface area contributed by atoms with Gasteiger partial charge in [0.05, 0.1) is 0 Å². The summed E-state index contributed by atoms with van der Waals surface area (Å²) in [7, 11) is 0. The standard InChI is InChI=1S/C11H12F3N3O/c12-11(13,14)8-18-6-2-5-16-10-4-1-3-9(7-15)17-10/h1,3-4H,2,5-6,8H2,(H,16,17). The van der Waals surface area contributed by atoms with Gasteiger partial charge in [-0.2, -0.15) is 18.4 Å². The van der Waals surface area contributed by atoms with E-state index in [9.17, 15) is 13.2 Å². The van der Waals surface area contributed by atoms with Crippen LogP contribution in [0.3, 0.4) is 0 Å². The Morgan fingerprint density at radius 1 is 1.39 bits per heavy atom. The highest BCUT2D eigenvalue weighted by molar-refractivity contribution is 5.38. The Morgan fingerprint density at radius 3 is 2.83 bits per heavy atom. The van der Waals surface area contributed by atoms with Crippen molar-refractivity contribution in [3.63, 3.8) is 0 Å². The van der Waals surface area contributed by atoms with Gasteiger partial charge in [-0.05, 0) is 18.6 Å². The number of nitrogens with one attached hydrogen (secondary N) is 1. The largest absolute Gasteiger partial charge is 0.411 e. The summed E-state index contributed by atoms with van der Waals surface area (Å²) in [5, 5.41) is 11.5. The van der Waals surface area contributed by atoms with E-state index in [-0.39, 0.29) is 12.3 Å². The van der Waals surface area contributed by atoms with Gasteiger partial charge in [0.25, 0.3) is 0 Å². The molecule has 18 heavy (non-hydrogen) atoms. The molecule has 0 aliphatic rings. The van der Waals surface area contributed by atoms with E-state index in [4.69, 9.17) is 5.26 Å². The number of nitrogens with zero attached hydrogens (tertiary/aromatic N) is 2. The Kier molecular flexibility index (Phi) is 5.39. The highest BCUT2D eigenvalue weighted by Crippen LogP contribution is 2.14. The van der Waals surface area contributed by atoms with Crippen LogP contribution in [0.1, 0.15) is 12.1 Å². The van der Waals surface area contributed by atoms with Crippen LogP contribution in [0.2, 0.25) is 0 Å². The number of hydrogen-bond acceptors (Lipinski definition) is 4. The molecule has 1 aromatic rings. The number of aromatic nitrogens is 1. The van der Waals surface area contributed by atoms with Crippen LogP contribution in [0.15, 0.2) is 18.2 Å². The molecular formula is C11H12F3N3O. The van der Waals surface area contributed by atoms with E-state index in [1.54, 1.807) is 18.2 Å². The molecule has 0 aromatic carbocycles.